The molecule has 0 heterocycles. The average molecular weight is 293 g/mol. The number of sulfone groups is 1. The molecule has 0 aromatic heterocycles. The molecular weight excluding hydrogens is 277 g/mol. The molecule has 0 bridgehead atoms. The van der Waals surface area contributed by atoms with E-state index in [9.17, 15) is 12.8 Å². The van der Waals surface area contributed by atoms with Gasteiger partial charge in [0.25, 0.3) is 0 Å². The molecule has 0 saturated carbocycles. The Morgan fingerprint density at radius 3 is 2.40 bits per heavy atom. The largest absolute Gasteiger partial charge is 0.399 e. The Kier molecular flexibility index (Phi) is 4.39. The molecule has 0 saturated heterocycles. The molecule has 0 amide bonds. The Morgan fingerprint density at radius 2 is 1.75 bits per heavy atom. The van der Waals surface area contributed by atoms with Crippen LogP contribution in [0.5, 0.6) is 0 Å². The van der Waals surface area contributed by atoms with Crippen LogP contribution in [0.15, 0.2) is 53.4 Å². The van der Waals surface area contributed by atoms with E-state index in [0.717, 1.165) is 11.6 Å². The summed E-state index contributed by atoms with van der Waals surface area (Å²) in [6.07, 6.45) is 1.10. The van der Waals surface area contributed by atoms with Gasteiger partial charge in [-0.2, -0.15) is 0 Å². The lowest BCUT2D eigenvalue weighted by molar-refractivity contribution is 0.565. The summed E-state index contributed by atoms with van der Waals surface area (Å²) in [4.78, 5) is -0.278. The predicted molar refractivity (Wildman–Crippen MR) is 77.6 cm³/mol. The summed E-state index contributed by atoms with van der Waals surface area (Å²) in [5, 5.41) is 0. The normalized spacial score (nSPS) is 11.4. The predicted octanol–water partition coefficient (Wildman–Crippen LogP) is 2.81. The molecule has 2 aromatic rings. The van der Waals surface area contributed by atoms with Crippen molar-refractivity contribution in [1.29, 1.82) is 0 Å². The Balaban J connectivity index is 2.04. The third-order valence-electron chi connectivity index (χ3n) is 3.01. The molecule has 0 spiro atoms. The van der Waals surface area contributed by atoms with Gasteiger partial charge in [-0.15, -0.1) is 0 Å². The number of anilines is 1. The Labute approximate surface area is 118 Å². The van der Waals surface area contributed by atoms with Crippen LogP contribution >= 0.6 is 0 Å². The third kappa shape index (κ3) is 3.57. The van der Waals surface area contributed by atoms with Crippen molar-refractivity contribution in [3.8, 4) is 0 Å². The maximum atomic E-state index is 13.6. The number of benzene rings is 2. The zero-order valence-corrected chi connectivity index (χ0v) is 11.7. The first kappa shape index (κ1) is 14.5. The van der Waals surface area contributed by atoms with Gasteiger partial charge in [0.05, 0.1) is 5.75 Å². The van der Waals surface area contributed by atoms with Crippen LogP contribution in [-0.2, 0) is 16.3 Å². The summed E-state index contributed by atoms with van der Waals surface area (Å²) in [6.45, 7) is 0. The van der Waals surface area contributed by atoms with Crippen LogP contribution in [-0.4, -0.2) is 14.2 Å². The van der Waals surface area contributed by atoms with Gasteiger partial charge in [0.15, 0.2) is 9.84 Å². The molecule has 0 aliphatic rings. The highest BCUT2D eigenvalue weighted by Crippen LogP contribution is 2.19. The first-order valence-electron chi connectivity index (χ1n) is 6.31. The first-order chi connectivity index (χ1) is 9.49. The zero-order valence-electron chi connectivity index (χ0n) is 10.9. The molecule has 3 nitrogen and oxygen atoms in total. The zero-order chi connectivity index (χ0) is 14.6. The van der Waals surface area contributed by atoms with Gasteiger partial charge in [-0.1, -0.05) is 30.3 Å². The van der Waals surface area contributed by atoms with Crippen molar-refractivity contribution < 1.29 is 12.8 Å². The topological polar surface area (TPSA) is 60.2 Å². The maximum absolute atomic E-state index is 13.6. The molecule has 0 aliphatic carbocycles. The summed E-state index contributed by atoms with van der Waals surface area (Å²) >= 11 is 0. The summed E-state index contributed by atoms with van der Waals surface area (Å²) in [5.74, 6) is -0.868. The van der Waals surface area contributed by atoms with Crippen LogP contribution in [0, 0.1) is 5.82 Å². The van der Waals surface area contributed by atoms with Crippen molar-refractivity contribution in [2.24, 2.45) is 0 Å². The fourth-order valence-electron chi connectivity index (χ4n) is 1.99. The SMILES string of the molecule is Nc1ccc(S(=O)(=O)CCCc2ccccc2)c(F)c1. The van der Waals surface area contributed by atoms with E-state index in [0.29, 0.717) is 12.8 Å². The Hall–Kier alpha value is -1.88. The molecule has 5 heteroatoms. The fourth-order valence-corrected chi connectivity index (χ4v) is 3.37. The number of hydrogen-bond acceptors (Lipinski definition) is 3. The van der Waals surface area contributed by atoms with Gasteiger partial charge in [-0.3, -0.25) is 0 Å². The molecule has 20 heavy (non-hydrogen) atoms. The van der Waals surface area contributed by atoms with E-state index in [2.05, 4.69) is 0 Å². The fraction of sp³-hybridized carbons (Fsp3) is 0.200. The molecule has 0 atom stereocenters. The summed E-state index contributed by atoms with van der Waals surface area (Å²) in [6, 6.07) is 13.3. The average Bonchev–Trinajstić information content (AvgIpc) is 2.39. The molecule has 2 N–H and O–H groups in total. The van der Waals surface area contributed by atoms with E-state index in [-0.39, 0.29) is 16.3 Å². The molecular formula is C15H16FNO2S. The lowest BCUT2D eigenvalue weighted by Crippen LogP contribution is -2.10. The van der Waals surface area contributed by atoms with E-state index >= 15 is 0 Å². The van der Waals surface area contributed by atoms with Gasteiger partial charge in [0.2, 0.25) is 0 Å². The van der Waals surface area contributed by atoms with Crippen molar-refractivity contribution in [3.63, 3.8) is 0 Å². The van der Waals surface area contributed by atoms with Crippen molar-refractivity contribution in [1.82, 2.24) is 0 Å². The quantitative estimate of drug-likeness (QED) is 0.862. The molecule has 0 unspecified atom stereocenters. The number of aryl methyl sites for hydroxylation is 1. The Morgan fingerprint density at radius 1 is 1.05 bits per heavy atom. The number of nitrogens with two attached hydrogens (primary N) is 1. The minimum absolute atomic E-state index is 0.0806. The minimum atomic E-state index is -3.61. The van der Waals surface area contributed by atoms with E-state index in [1.165, 1.54) is 12.1 Å². The molecule has 2 rings (SSSR count). The van der Waals surface area contributed by atoms with Crippen molar-refractivity contribution in [3.05, 3.63) is 59.9 Å². The van der Waals surface area contributed by atoms with Gasteiger partial charge in [-0.05, 0) is 36.6 Å². The van der Waals surface area contributed by atoms with Crippen LogP contribution in [0.25, 0.3) is 0 Å². The van der Waals surface area contributed by atoms with Crippen LogP contribution in [0.1, 0.15) is 12.0 Å². The minimum Gasteiger partial charge on any atom is -0.399 e. The van der Waals surface area contributed by atoms with Gasteiger partial charge in [0.1, 0.15) is 10.7 Å². The molecule has 2 aromatic carbocycles. The summed E-state index contributed by atoms with van der Waals surface area (Å²) < 4.78 is 37.8. The number of rotatable bonds is 5. The summed E-state index contributed by atoms with van der Waals surface area (Å²) in [5.41, 5.74) is 6.70. The highest BCUT2D eigenvalue weighted by Gasteiger charge is 2.18. The molecule has 106 valence electrons. The van der Waals surface area contributed by atoms with Gasteiger partial charge in [-0.25, -0.2) is 12.8 Å². The second-order valence-corrected chi connectivity index (χ2v) is 6.68. The van der Waals surface area contributed by atoms with Gasteiger partial charge < -0.3 is 5.73 Å². The van der Waals surface area contributed by atoms with Crippen LogP contribution in [0.4, 0.5) is 10.1 Å². The molecule has 0 radical (unpaired) electrons. The standard InChI is InChI=1S/C15H16FNO2S/c16-14-11-13(17)8-9-15(14)20(18,19)10-4-7-12-5-2-1-3-6-12/h1-3,5-6,8-9,11H,4,7,10,17H2. The van der Waals surface area contributed by atoms with E-state index in [4.69, 9.17) is 5.73 Å². The molecule has 0 aliphatic heterocycles. The summed E-state index contributed by atoms with van der Waals surface area (Å²) in [7, 11) is -3.61. The molecule has 0 fully saturated rings. The van der Waals surface area contributed by atoms with Crippen molar-refractivity contribution in [2.45, 2.75) is 17.7 Å². The lowest BCUT2D eigenvalue weighted by Gasteiger charge is -2.06. The first-order valence-corrected chi connectivity index (χ1v) is 7.96. The smallest absolute Gasteiger partial charge is 0.181 e. The highest BCUT2D eigenvalue weighted by atomic mass is 32.2. The van der Waals surface area contributed by atoms with Crippen molar-refractivity contribution >= 4 is 15.5 Å². The van der Waals surface area contributed by atoms with Gasteiger partial charge in [0, 0.05) is 5.69 Å². The van der Waals surface area contributed by atoms with Gasteiger partial charge >= 0.3 is 0 Å². The van der Waals surface area contributed by atoms with E-state index in [1.54, 1.807) is 0 Å². The van der Waals surface area contributed by atoms with E-state index < -0.39 is 15.7 Å². The van der Waals surface area contributed by atoms with E-state index in [1.807, 2.05) is 30.3 Å². The Bertz CT molecular complexity index is 684. The number of hydrogen-bond donors (Lipinski definition) is 1. The monoisotopic (exact) mass is 293 g/mol. The van der Waals surface area contributed by atoms with Crippen LogP contribution < -0.4 is 5.73 Å². The van der Waals surface area contributed by atoms with Crippen LogP contribution in [0.3, 0.4) is 0 Å². The number of nitrogen functional groups attached to an aromatic ring is 1. The number of halogens is 1. The van der Waals surface area contributed by atoms with Crippen molar-refractivity contribution in [2.75, 3.05) is 11.5 Å². The maximum Gasteiger partial charge on any atom is 0.181 e. The second kappa shape index (κ2) is 6.05. The lowest BCUT2D eigenvalue weighted by atomic mass is 10.1. The highest BCUT2D eigenvalue weighted by molar-refractivity contribution is 7.91. The third-order valence-corrected chi connectivity index (χ3v) is 4.84. The van der Waals surface area contributed by atoms with Crippen LogP contribution in [0.2, 0.25) is 0 Å². The second-order valence-electron chi connectivity index (χ2n) is 4.60.